The zero-order valence-corrected chi connectivity index (χ0v) is 10.9. The van der Waals surface area contributed by atoms with Crippen molar-refractivity contribution in [3.05, 3.63) is 0 Å². The molecule has 0 saturated carbocycles. The van der Waals surface area contributed by atoms with Crippen LogP contribution in [0.15, 0.2) is 0 Å². The number of aliphatic hydroxyl groups excluding tert-OH is 1. The Balaban J connectivity index is 3.51. The fraction of sp³-hybridized carbons (Fsp3) is 1.00. The first-order chi connectivity index (χ1) is 6.35. The van der Waals surface area contributed by atoms with Crippen molar-refractivity contribution in [2.45, 2.75) is 45.4 Å². The molecule has 0 rings (SSSR count). The molecule has 2 unspecified atom stereocenters. The average Bonchev–Trinajstić information content (AvgIpc) is 2.09. The first-order valence-corrected chi connectivity index (χ1v) is 6.32. The lowest BCUT2D eigenvalue weighted by atomic mass is 10.2. The molecule has 2 nitrogen and oxygen atoms in total. The summed E-state index contributed by atoms with van der Waals surface area (Å²) in [5, 5.41) is 12.3. The average molecular weight is 219 g/mol. The molecule has 0 aromatic rings. The quantitative estimate of drug-likeness (QED) is 0.718. The second-order valence-corrected chi connectivity index (χ2v) is 6.87. The molecular formula is C11H25NOS. The minimum atomic E-state index is 0.270. The summed E-state index contributed by atoms with van der Waals surface area (Å²) in [6, 6.07) is 0.522. The van der Waals surface area contributed by atoms with Crippen LogP contribution in [0, 0.1) is 5.92 Å². The summed E-state index contributed by atoms with van der Waals surface area (Å²) < 4.78 is 0.346. The Kier molecular flexibility index (Phi) is 6.83. The Morgan fingerprint density at radius 1 is 1.29 bits per heavy atom. The standard InChI is InChI=1S/C11H25NOS/c1-9(7-13)6-12-10(2)8-14-11(3,4)5/h9-10,12-13H,6-8H2,1-5H3. The van der Waals surface area contributed by atoms with Crippen LogP contribution in [0.4, 0.5) is 0 Å². The molecule has 2 N–H and O–H groups in total. The molecule has 0 amide bonds. The largest absolute Gasteiger partial charge is 0.396 e. The molecule has 86 valence electrons. The molecule has 0 fully saturated rings. The number of rotatable bonds is 6. The van der Waals surface area contributed by atoms with Gasteiger partial charge in [-0.2, -0.15) is 11.8 Å². The van der Waals surface area contributed by atoms with E-state index in [0.717, 1.165) is 12.3 Å². The molecule has 0 spiro atoms. The minimum absolute atomic E-state index is 0.270. The van der Waals surface area contributed by atoms with Crippen molar-refractivity contribution in [1.29, 1.82) is 0 Å². The van der Waals surface area contributed by atoms with Crippen LogP contribution < -0.4 is 5.32 Å². The van der Waals surface area contributed by atoms with Crippen LogP contribution >= 0.6 is 11.8 Å². The SMILES string of the molecule is CC(CO)CNC(C)CSC(C)(C)C. The fourth-order valence-corrected chi connectivity index (χ4v) is 1.77. The van der Waals surface area contributed by atoms with Crippen molar-refractivity contribution < 1.29 is 5.11 Å². The molecule has 0 heterocycles. The summed E-state index contributed by atoms with van der Waals surface area (Å²) >= 11 is 1.98. The molecular weight excluding hydrogens is 194 g/mol. The minimum Gasteiger partial charge on any atom is -0.396 e. The van der Waals surface area contributed by atoms with E-state index in [1.165, 1.54) is 0 Å². The van der Waals surface area contributed by atoms with E-state index >= 15 is 0 Å². The molecule has 2 atom stereocenters. The third-order valence-electron chi connectivity index (χ3n) is 1.89. The van der Waals surface area contributed by atoms with Gasteiger partial charge in [-0.15, -0.1) is 0 Å². The molecule has 0 aromatic carbocycles. The van der Waals surface area contributed by atoms with Gasteiger partial charge < -0.3 is 10.4 Å². The van der Waals surface area contributed by atoms with Gasteiger partial charge in [0.15, 0.2) is 0 Å². The highest BCUT2D eigenvalue weighted by Gasteiger charge is 2.12. The molecule has 0 saturated heterocycles. The van der Waals surface area contributed by atoms with E-state index in [1.807, 2.05) is 11.8 Å². The lowest BCUT2D eigenvalue weighted by molar-refractivity contribution is 0.232. The zero-order valence-electron chi connectivity index (χ0n) is 10.1. The lowest BCUT2D eigenvalue weighted by Crippen LogP contribution is -2.34. The van der Waals surface area contributed by atoms with Gasteiger partial charge in [-0.1, -0.05) is 27.7 Å². The Hall–Kier alpha value is 0.270. The smallest absolute Gasteiger partial charge is 0.0468 e. The van der Waals surface area contributed by atoms with Crippen LogP contribution in [0.3, 0.4) is 0 Å². The first kappa shape index (κ1) is 14.3. The monoisotopic (exact) mass is 219 g/mol. The molecule has 0 aliphatic carbocycles. The summed E-state index contributed by atoms with van der Waals surface area (Å²) in [5.74, 6) is 1.49. The molecule has 0 aliphatic rings. The summed E-state index contributed by atoms with van der Waals surface area (Å²) in [7, 11) is 0. The topological polar surface area (TPSA) is 32.3 Å². The van der Waals surface area contributed by atoms with Crippen molar-refractivity contribution in [3.8, 4) is 0 Å². The zero-order chi connectivity index (χ0) is 11.2. The highest BCUT2D eigenvalue weighted by molar-refractivity contribution is 8.00. The van der Waals surface area contributed by atoms with E-state index < -0.39 is 0 Å². The number of nitrogens with one attached hydrogen (secondary N) is 1. The fourth-order valence-electron chi connectivity index (χ4n) is 0.901. The van der Waals surface area contributed by atoms with Crippen molar-refractivity contribution in [2.75, 3.05) is 18.9 Å². The predicted molar refractivity (Wildman–Crippen MR) is 65.9 cm³/mol. The van der Waals surface area contributed by atoms with Crippen LogP contribution in [0.1, 0.15) is 34.6 Å². The van der Waals surface area contributed by atoms with Crippen LogP contribution in [0.5, 0.6) is 0 Å². The third-order valence-corrected chi connectivity index (χ3v) is 3.43. The highest BCUT2D eigenvalue weighted by atomic mass is 32.2. The number of thioether (sulfide) groups is 1. The molecule has 0 aliphatic heterocycles. The van der Waals surface area contributed by atoms with Crippen molar-refractivity contribution in [2.24, 2.45) is 5.92 Å². The molecule has 14 heavy (non-hydrogen) atoms. The second-order valence-electron chi connectivity index (χ2n) is 5.02. The van der Waals surface area contributed by atoms with Crippen molar-refractivity contribution in [1.82, 2.24) is 5.32 Å². The molecule has 3 heteroatoms. The highest BCUT2D eigenvalue weighted by Crippen LogP contribution is 2.23. The van der Waals surface area contributed by atoms with E-state index in [9.17, 15) is 0 Å². The van der Waals surface area contributed by atoms with E-state index in [4.69, 9.17) is 5.11 Å². The van der Waals surface area contributed by atoms with Gasteiger partial charge in [0.1, 0.15) is 0 Å². The summed E-state index contributed by atoms with van der Waals surface area (Å²) in [5.41, 5.74) is 0. The summed E-state index contributed by atoms with van der Waals surface area (Å²) in [6.07, 6.45) is 0. The van der Waals surface area contributed by atoms with Crippen LogP contribution in [-0.4, -0.2) is 34.8 Å². The first-order valence-electron chi connectivity index (χ1n) is 5.33. The van der Waals surface area contributed by atoms with Crippen LogP contribution in [0.25, 0.3) is 0 Å². The van der Waals surface area contributed by atoms with Gasteiger partial charge in [0.2, 0.25) is 0 Å². The molecule has 0 bridgehead atoms. The van der Waals surface area contributed by atoms with Gasteiger partial charge in [0, 0.05) is 29.7 Å². The van der Waals surface area contributed by atoms with Crippen LogP contribution in [-0.2, 0) is 0 Å². The summed E-state index contributed by atoms with van der Waals surface area (Å²) in [4.78, 5) is 0. The van der Waals surface area contributed by atoms with Gasteiger partial charge in [-0.25, -0.2) is 0 Å². The number of aliphatic hydroxyl groups is 1. The Labute approximate surface area is 92.9 Å². The Morgan fingerprint density at radius 3 is 2.29 bits per heavy atom. The van der Waals surface area contributed by atoms with Gasteiger partial charge >= 0.3 is 0 Å². The van der Waals surface area contributed by atoms with Gasteiger partial charge in [0.25, 0.3) is 0 Å². The maximum Gasteiger partial charge on any atom is 0.0468 e. The van der Waals surface area contributed by atoms with Gasteiger partial charge in [-0.05, 0) is 12.8 Å². The summed E-state index contributed by atoms with van der Waals surface area (Å²) in [6.45, 7) is 12.1. The molecule has 0 aromatic heterocycles. The van der Waals surface area contributed by atoms with Gasteiger partial charge in [0.05, 0.1) is 0 Å². The van der Waals surface area contributed by atoms with E-state index in [1.54, 1.807) is 0 Å². The maximum absolute atomic E-state index is 8.86. The normalized spacial score (nSPS) is 16.7. The predicted octanol–water partition coefficient (Wildman–Crippen LogP) is 2.12. The van der Waals surface area contributed by atoms with Crippen LogP contribution in [0.2, 0.25) is 0 Å². The Morgan fingerprint density at radius 2 is 1.86 bits per heavy atom. The second kappa shape index (κ2) is 6.70. The Bertz CT molecular complexity index is 145. The van der Waals surface area contributed by atoms with Crippen molar-refractivity contribution >= 4 is 11.8 Å². The van der Waals surface area contributed by atoms with E-state index in [0.29, 0.717) is 16.7 Å². The van der Waals surface area contributed by atoms with E-state index in [2.05, 4.69) is 39.9 Å². The number of hydrogen-bond acceptors (Lipinski definition) is 3. The van der Waals surface area contributed by atoms with Gasteiger partial charge in [-0.3, -0.25) is 0 Å². The maximum atomic E-state index is 8.86. The number of hydrogen-bond donors (Lipinski definition) is 2. The van der Waals surface area contributed by atoms with E-state index in [-0.39, 0.29) is 6.61 Å². The third kappa shape index (κ3) is 8.85. The lowest BCUT2D eigenvalue weighted by Gasteiger charge is -2.22. The van der Waals surface area contributed by atoms with Crippen molar-refractivity contribution in [3.63, 3.8) is 0 Å². The molecule has 0 radical (unpaired) electrons.